The van der Waals surface area contributed by atoms with Gasteiger partial charge in [0.25, 0.3) is 5.91 Å². The number of thioether (sulfide) groups is 1. The Morgan fingerprint density at radius 2 is 1.79 bits per heavy atom. The van der Waals surface area contributed by atoms with E-state index in [0.29, 0.717) is 35.8 Å². The number of nitrogens with one attached hydrogen (secondary N) is 2. The fourth-order valence-electron chi connectivity index (χ4n) is 5.57. The first-order chi connectivity index (χ1) is 20.3. The zero-order valence-electron chi connectivity index (χ0n) is 24.4. The van der Waals surface area contributed by atoms with Crippen molar-refractivity contribution in [2.45, 2.75) is 64.3 Å². The van der Waals surface area contributed by atoms with Gasteiger partial charge in [-0.05, 0) is 70.2 Å². The minimum atomic E-state index is -0.354. The number of aromatic nitrogens is 1. The van der Waals surface area contributed by atoms with Gasteiger partial charge in [0.15, 0.2) is 0 Å². The standard InChI is InChI=1S/C33H37N3O4S2/c1-4-40-33(39)30-25-11-6-5-7-13-27(25)42-32(30)35-29(37)20-41-28-19-36(26-12-9-8-10-24(26)28)15-14-34-31(38)23-17-21(2)16-22(3)18-23/h8-10,12,16-19H,4-7,11,13-15,20H2,1-3H3,(H,34,38)(H,35,37). The normalized spacial score (nSPS) is 12.9. The Hall–Kier alpha value is -3.56. The highest BCUT2D eigenvalue weighted by molar-refractivity contribution is 8.00. The smallest absolute Gasteiger partial charge is 0.341 e. The van der Waals surface area contributed by atoms with Crippen molar-refractivity contribution in [3.05, 3.63) is 81.4 Å². The maximum absolute atomic E-state index is 13.1. The molecule has 4 aromatic rings. The summed E-state index contributed by atoms with van der Waals surface area (Å²) in [5.41, 5.74) is 5.43. The van der Waals surface area contributed by atoms with Gasteiger partial charge < -0.3 is 19.9 Å². The minimum absolute atomic E-state index is 0.0856. The molecule has 2 N–H and O–H groups in total. The van der Waals surface area contributed by atoms with Crippen LogP contribution in [0.25, 0.3) is 10.9 Å². The Labute approximate surface area is 255 Å². The van der Waals surface area contributed by atoms with E-state index in [-0.39, 0.29) is 23.5 Å². The SMILES string of the molecule is CCOC(=O)c1c(NC(=O)CSc2cn(CCNC(=O)c3cc(C)cc(C)c3)c3ccccc23)sc2c1CCCCC2. The lowest BCUT2D eigenvalue weighted by Crippen LogP contribution is -2.27. The van der Waals surface area contributed by atoms with Crippen molar-refractivity contribution in [2.24, 2.45) is 0 Å². The molecule has 5 rings (SSSR count). The molecular formula is C33H37N3O4S2. The van der Waals surface area contributed by atoms with Crippen LogP contribution in [0.1, 0.15) is 68.5 Å². The van der Waals surface area contributed by atoms with E-state index in [1.165, 1.54) is 28.0 Å². The lowest BCUT2D eigenvalue weighted by atomic mass is 10.1. The maximum atomic E-state index is 13.1. The molecule has 0 atom stereocenters. The molecule has 2 aromatic carbocycles. The number of anilines is 1. The summed E-state index contributed by atoms with van der Waals surface area (Å²) >= 11 is 2.99. The quantitative estimate of drug-likeness (QED) is 0.117. The van der Waals surface area contributed by atoms with Crippen molar-refractivity contribution in [3.63, 3.8) is 0 Å². The van der Waals surface area contributed by atoms with Crippen molar-refractivity contribution in [1.82, 2.24) is 9.88 Å². The fraction of sp³-hybridized carbons (Fsp3) is 0.364. The van der Waals surface area contributed by atoms with E-state index in [9.17, 15) is 14.4 Å². The number of hydrogen-bond donors (Lipinski definition) is 2. The number of carbonyl (C=O) groups is 3. The molecule has 2 heterocycles. The molecule has 7 nitrogen and oxygen atoms in total. The number of para-hydroxylation sites is 1. The van der Waals surface area contributed by atoms with Crippen LogP contribution >= 0.6 is 23.1 Å². The number of ether oxygens (including phenoxy) is 1. The first-order valence-corrected chi connectivity index (χ1v) is 16.3. The summed E-state index contributed by atoms with van der Waals surface area (Å²) in [6, 6.07) is 13.9. The molecule has 9 heteroatoms. The van der Waals surface area contributed by atoms with Gasteiger partial charge in [0, 0.05) is 45.5 Å². The molecule has 1 aliphatic carbocycles. The van der Waals surface area contributed by atoms with Crippen LogP contribution in [0.5, 0.6) is 0 Å². The molecule has 0 spiro atoms. The largest absolute Gasteiger partial charge is 0.462 e. The highest BCUT2D eigenvalue weighted by Crippen LogP contribution is 2.38. The van der Waals surface area contributed by atoms with Crippen LogP contribution in [0.2, 0.25) is 0 Å². The van der Waals surface area contributed by atoms with E-state index in [2.05, 4.69) is 33.4 Å². The topological polar surface area (TPSA) is 89.4 Å². The number of aryl methyl sites for hydroxylation is 3. The molecule has 42 heavy (non-hydrogen) atoms. The van der Waals surface area contributed by atoms with Crippen LogP contribution < -0.4 is 10.6 Å². The molecule has 1 aliphatic rings. The molecular weight excluding hydrogens is 567 g/mol. The van der Waals surface area contributed by atoms with Crippen LogP contribution in [0, 0.1) is 13.8 Å². The van der Waals surface area contributed by atoms with Crippen molar-refractivity contribution in [3.8, 4) is 0 Å². The molecule has 0 aliphatic heterocycles. The van der Waals surface area contributed by atoms with E-state index in [1.54, 1.807) is 6.92 Å². The Morgan fingerprint density at radius 1 is 1.02 bits per heavy atom. The number of benzene rings is 2. The molecule has 2 aromatic heterocycles. The van der Waals surface area contributed by atoms with Gasteiger partial charge in [-0.3, -0.25) is 9.59 Å². The average Bonchev–Trinajstić information content (AvgIpc) is 3.39. The number of hydrogen-bond acceptors (Lipinski definition) is 6. The van der Waals surface area contributed by atoms with Crippen LogP contribution in [0.4, 0.5) is 5.00 Å². The van der Waals surface area contributed by atoms with E-state index in [4.69, 9.17) is 4.74 Å². The van der Waals surface area contributed by atoms with Crippen LogP contribution in [0.15, 0.2) is 53.6 Å². The summed E-state index contributed by atoms with van der Waals surface area (Å²) in [5.74, 6) is -0.382. The average molecular weight is 604 g/mol. The molecule has 0 bridgehead atoms. The number of amides is 2. The molecule has 0 saturated carbocycles. The van der Waals surface area contributed by atoms with Crippen molar-refractivity contribution < 1.29 is 19.1 Å². The Balaban J connectivity index is 1.25. The lowest BCUT2D eigenvalue weighted by molar-refractivity contribution is -0.113. The summed E-state index contributed by atoms with van der Waals surface area (Å²) in [7, 11) is 0. The van der Waals surface area contributed by atoms with Crippen LogP contribution in [0.3, 0.4) is 0 Å². The summed E-state index contributed by atoms with van der Waals surface area (Å²) in [6.45, 7) is 7.16. The monoisotopic (exact) mass is 603 g/mol. The third-order valence-electron chi connectivity index (χ3n) is 7.39. The predicted octanol–water partition coefficient (Wildman–Crippen LogP) is 6.93. The van der Waals surface area contributed by atoms with Gasteiger partial charge >= 0.3 is 5.97 Å². The van der Waals surface area contributed by atoms with Crippen LogP contribution in [-0.4, -0.2) is 41.3 Å². The van der Waals surface area contributed by atoms with Crippen LogP contribution in [-0.2, 0) is 28.9 Å². The molecule has 2 amide bonds. The van der Waals surface area contributed by atoms with E-state index < -0.39 is 0 Å². The van der Waals surface area contributed by atoms with Gasteiger partial charge in [0.2, 0.25) is 5.91 Å². The third kappa shape index (κ3) is 6.90. The number of nitrogens with zero attached hydrogens (tertiary/aromatic N) is 1. The van der Waals surface area contributed by atoms with Gasteiger partial charge in [0.05, 0.1) is 17.9 Å². The van der Waals surface area contributed by atoms with E-state index >= 15 is 0 Å². The number of esters is 1. The summed E-state index contributed by atoms with van der Waals surface area (Å²) in [6.07, 6.45) is 7.10. The highest BCUT2D eigenvalue weighted by atomic mass is 32.2. The van der Waals surface area contributed by atoms with E-state index in [1.807, 2.05) is 44.3 Å². The van der Waals surface area contributed by atoms with Gasteiger partial charge in [-0.2, -0.15) is 0 Å². The second-order valence-electron chi connectivity index (χ2n) is 10.7. The summed E-state index contributed by atoms with van der Waals surface area (Å²) in [4.78, 5) is 40.9. The Bertz CT molecular complexity index is 1600. The molecule has 220 valence electrons. The summed E-state index contributed by atoms with van der Waals surface area (Å²) < 4.78 is 7.48. The number of carbonyl (C=O) groups excluding carboxylic acids is 3. The second kappa shape index (κ2) is 13.6. The van der Waals surface area contributed by atoms with E-state index in [0.717, 1.165) is 64.6 Å². The first-order valence-electron chi connectivity index (χ1n) is 14.5. The lowest BCUT2D eigenvalue weighted by Gasteiger charge is -2.09. The molecule has 0 unspecified atom stereocenters. The number of rotatable bonds is 10. The van der Waals surface area contributed by atoms with Crippen molar-refractivity contribution in [1.29, 1.82) is 0 Å². The highest BCUT2D eigenvalue weighted by Gasteiger charge is 2.26. The zero-order valence-corrected chi connectivity index (χ0v) is 26.0. The van der Waals surface area contributed by atoms with Gasteiger partial charge in [-0.1, -0.05) is 41.8 Å². The maximum Gasteiger partial charge on any atom is 0.341 e. The Kier molecular flexibility index (Phi) is 9.69. The predicted molar refractivity (Wildman–Crippen MR) is 171 cm³/mol. The van der Waals surface area contributed by atoms with Crippen molar-refractivity contribution >= 4 is 56.8 Å². The fourth-order valence-corrected chi connectivity index (χ4v) is 7.75. The minimum Gasteiger partial charge on any atom is -0.462 e. The first kappa shape index (κ1) is 29.9. The number of thiophene rings is 1. The summed E-state index contributed by atoms with van der Waals surface area (Å²) in [5, 5.41) is 7.73. The van der Waals surface area contributed by atoms with Gasteiger partial charge in [0.1, 0.15) is 5.00 Å². The van der Waals surface area contributed by atoms with Gasteiger partial charge in [-0.15, -0.1) is 23.1 Å². The molecule has 0 saturated heterocycles. The zero-order chi connectivity index (χ0) is 29.6. The second-order valence-corrected chi connectivity index (χ2v) is 12.8. The molecule has 0 radical (unpaired) electrons. The molecule has 0 fully saturated rings. The van der Waals surface area contributed by atoms with Gasteiger partial charge in [-0.25, -0.2) is 4.79 Å². The number of fused-ring (bicyclic) bond motifs is 2. The van der Waals surface area contributed by atoms with Crippen molar-refractivity contribution in [2.75, 3.05) is 24.2 Å². The Morgan fingerprint density at radius 3 is 2.57 bits per heavy atom. The third-order valence-corrected chi connectivity index (χ3v) is 9.64.